The second-order valence-electron chi connectivity index (χ2n) is 6.02. The van der Waals surface area contributed by atoms with Crippen molar-refractivity contribution in [2.45, 2.75) is 57.5 Å². The second kappa shape index (κ2) is 4.53. The zero-order valence-electron chi connectivity index (χ0n) is 10.6. The number of aliphatic hydroxyl groups is 1. The van der Waals surface area contributed by atoms with Gasteiger partial charge in [-0.05, 0) is 24.6 Å². The third kappa shape index (κ3) is 3.28. The van der Waals surface area contributed by atoms with Gasteiger partial charge in [-0.15, -0.1) is 0 Å². The van der Waals surface area contributed by atoms with Crippen LogP contribution in [0.1, 0.15) is 27.2 Å². The molecule has 0 saturated carbocycles. The summed E-state index contributed by atoms with van der Waals surface area (Å²) < 4.78 is 6.26. The SMILES string of the molecule is CC(C)(C)[Si](C)(C)O[C@H]1CN[C@H](CO)C1. The molecule has 0 radical (unpaired) electrons. The molecule has 3 nitrogen and oxygen atoms in total. The first-order chi connectivity index (χ1) is 6.76. The van der Waals surface area contributed by atoms with Crippen LogP contribution < -0.4 is 5.32 Å². The van der Waals surface area contributed by atoms with E-state index in [1.165, 1.54) is 0 Å². The Hall–Kier alpha value is 0.0969. The van der Waals surface area contributed by atoms with Crippen LogP contribution in [0, 0.1) is 0 Å². The smallest absolute Gasteiger partial charge is 0.192 e. The fourth-order valence-corrected chi connectivity index (χ4v) is 2.97. The van der Waals surface area contributed by atoms with Crippen LogP contribution in [0.4, 0.5) is 0 Å². The Labute approximate surface area is 94.3 Å². The van der Waals surface area contributed by atoms with E-state index in [0.717, 1.165) is 13.0 Å². The standard InChI is InChI=1S/C11H25NO2Si/c1-11(2,3)15(4,5)14-10-6-9(8-13)12-7-10/h9-10,12-13H,6-8H2,1-5H3/t9-,10+/m0/s1. The Balaban J connectivity index is 2.49. The molecule has 0 aromatic carbocycles. The summed E-state index contributed by atoms with van der Waals surface area (Å²) in [5.41, 5.74) is 0. The van der Waals surface area contributed by atoms with Crippen molar-refractivity contribution < 1.29 is 9.53 Å². The Morgan fingerprint density at radius 2 is 2.00 bits per heavy atom. The van der Waals surface area contributed by atoms with E-state index in [1.807, 2.05) is 0 Å². The number of nitrogens with one attached hydrogen (secondary N) is 1. The van der Waals surface area contributed by atoms with Crippen molar-refractivity contribution in [3.63, 3.8) is 0 Å². The molecule has 1 heterocycles. The highest BCUT2D eigenvalue weighted by Gasteiger charge is 2.40. The molecule has 0 aromatic rings. The normalized spacial score (nSPS) is 28.4. The number of rotatable bonds is 3. The molecule has 2 atom stereocenters. The first-order valence-electron chi connectivity index (χ1n) is 5.78. The van der Waals surface area contributed by atoms with E-state index >= 15 is 0 Å². The van der Waals surface area contributed by atoms with Crippen LogP contribution in [0.2, 0.25) is 18.1 Å². The number of hydrogen-bond donors (Lipinski definition) is 2. The summed E-state index contributed by atoms with van der Waals surface area (Å²) in [5, 5.41) is 12.6. The summed E-state index contributed by atoms with van der Waals surface area (Å²) in [6.45, 7) is 12.4. The number of hydrogen-bond acceptors (Lipinski definition) is 3. The summed E-state index contributed by atoms with van der Waals surface area (Å²) in [5.74, 6) is 0. The zero-order chi connectivity index (χ0) is 11.7. The van der Waals surface area contributed by atoms with Crippen LogP contribution in [0.15, 0.2) is 0 Å². The van der Waals surface area contributed by atoms with Crippen molar-refractivity contribution in [3.8, 4) is 0 Å². The summed E-state index contributed by atoms with van der Waals surface area (Å²) in [4.78, 5) is 0. The summed E-state index contributed by atoms with van der Waals surface area (Å²) in [6, 6.07) is 0.236. The molecule has 0 unspecified atom stereocenters. The van der Waals surface area contributed by atoms with Crippen molar-refractivity contribution in [1.29, 1.82) is 0 Å². The maximum atomic E-state index is 9.04. The molecule has 0 amide bonds. The molecule has 90 valence electrons. The molecule has 0 bridgehead atoms. The molecule has 1 rings (SSSR count). The summed E-state index contributed by atoms with van der Waals surface area (Å²) >= 11 is 0. The highest BCUT2D eigenvalue weighted by atomic mass is 28.4. The lowest BCUT2D eigenvalue weighted by Gasteiger charge is -2.38. The predicted molar refractivity (Wildman–Crippen MR) is 65.6 cm³/mol. The first-order valence-corrected chi connectivity index (χ1v) is 8.69. The molecular weight excluding hydrogens is 206 g/mol. The molecule has 1 aliphatic rings. The van der Waals surface area contributed by atoms with Crippen LogP contribution in [0.5, 0.6) is 0 Å². The average molecular weight is 231 g/mol. The van der Waals surface area contributed by atoms with Crippen LogP contribution >= 0.6 is 0 Å². The molecule has 1 aliphatic heterocycles. The molecule has 1 saturated heterocycles. The van der Waals surface area contributed by atoms with Gasteiger partial charge < -0.3 is 14.8 Å². The second-order valence-corrected chi connectivity index (χ2v) is 10.8. The Morgan fingerprint density at radius 3 is 2.40 bits per heavy atom. The first kappa shape index (κ1) is 13.2. The molecule has 15 heavy (non-hydrogen) atoms. The van der Waals surface area contributed by atoms with Crippen molar-refractivity contribution >= 4 is 8.32 Å². The van der Waals surface area contributed by atoms with Crippen LogP contribution in [-0.2, 0) is 4.43 Å². The van der Waals surface area contributed by atoms with Gasteiger partial charge in [0, 0.05) is 12.6 Å². The van der Waals surface area contributed by atoms with E-state index in [1.54, 1.807) is 0 Å². The van der Waals surface area contributed by atoms with Crippen molar-refractivity contribution in [3.05, 3.63) is 0 Å². The lowest BCUT2D eigenvalue weighted by molar-refractivity contribution is 0.188. The minimum atomic E-state index is -1.63. The summed E-state index contributed by atoms with van der Waals surface area (Å²) in [7, 11) is -1.63. The van der Waals surface area contributed by atoms with Gasteiger partial charge in [-0.25, -0.2) is 0 Å². The van der Waals surface area contributed by atoms with E-state index < -0.39 is 8.32 Å². The van der Waals surface area contributed by atoms with Gasteiger partial charge in [-0.3, -0.25) is 0 Å². The molecule has 1 fully saturated rings. The van der Waals surface area contributed by atoms with Crippen LogP contribution in [-0.4, -0.2) is 38.7 Å². The topological polar surface area (TPSA) is 41.5 Å². The third-order valence-electron chi connectivity index (χ3n) is 3.67. The maximum Gasteiger partial charge on any atom is 0.192 e. The van der Waals surface area contributed by atoms with Crippen LogP contribution in [0.3, 0.4) is 0 Å². The maximum absolute atomic E-state index is 9.04. The van der Waals surface area contributed by atoms with Gasteiger partial charge in [0.05, 0.1) is 12.7 Å². The van der Waals surface area contributed by atoms with Crippen molar-refractivity contribution in [2.75, 3.05) is 13.2 Å². The highest BCUT2D eigenvalue weighted by molar-refractivity contribution is 6.74. The minimum Gasteiger partial charge on any atom is -0.413 e. The molecule has 2 N–H and O–H groups in total. The van der Waals surface area contributed by atoms with Crippen molar-refractivity contribution in [1.82, 2.24) is 5.32 Å². The van der Waals surface area contributed by atoms with E-state index in [4.69, 9.17) is 9.53 Å². The van der Waals surface area contributed by atoms with Gasteiger partial charge in [0.1, 0.15) is 0 Å². The fourth-order valence-electron chi connectivity index (χ4n) is 1.60. The lowest BCUT2D eigenvalue weighted by atomic mass is 10.2. The van der Waals surface area contributed by atoms with E-state index in [-0.39, 0.29) is 17.7 Å². The predicted octanol–water partition coefficient (Wildman–Crippen LogP) is 1.73. The monoisotopic (exact) mass is 231 g/mol. The van der Waals surface area contributed by atoms with E-state index in [9.17, 15) is 0 Å². The van der Waals surface area contributed by atoms with Gasteiger partial charge in [0.25, 0.3) is 0 Å². The van der Waals surface area contributed by atoms with E-state index in [0.29, 0.717) is 6.10 Å². The zero-order valence-corrected chi connectivity index (χ0v) is 11.6. The minimum absolute atomic E-state index is 0.220. The van der Waals surface area contributed by atoms with Crippen LogP contribution in [0.25, 0.3) is 0 Å². The van der Waals surface area contributed by atoms with E-state index in [2.05, 4.69) is 39.2 Å². The molecule has 4 heteroatoms. The van der Waals surface area contributed by atoms with Gasteiger partial charge in [-0.2, -0.15) is 0 Å². The highest BCUT2D eigenvalue weighted by Crippen LogP contribution is 2.38. The largest absolute Gasteiger partial charge is 0.413 e. The Kier molecular flexibility index (Phi) is 3.98. The number of aliphatic hydroxyl groups excluding tert-OH is 1. The Morgan fingerprint density at radius 1 is 1.40 bits per heavy atom. The molecule has 0 spiro atoms. The average Bonchev–Trinajstić information content (AvgIpc) is 2.49. The Bertz CT molecular complexity index is 213. The molecule has 0 aliphatic carbocycles. The van der Waals surface area contributed by atoms with Gasteiger partial charge in [0.2, 0.25) is 0 Å². The molecule has 0 aromatic heterocycles. The van der Waals surface area contributed by atoms with Gasteiger partial charge in [-0.1, -0.05) is 20.8 Å². The lowest BCUT2D eigenvalue weighted by Crippen LogP contribution is -2.44. The quantitative estimate of drug-likeness (QED) is 0.727. The summed E-state index contributed by atoms with van der Waals surface area (Å²) in [6.07, 6.45) is 1.24. The van der Waals surface area contributed by atoms with Gasteiger partial charge >= 0.3 is 0 Å². The van der Waals surface area contributed by atoms with Gasteiger partial charge in [0.15, 0.2) is 8.32 Å². The third-order valence-corrected chi connectivity index (χ3v) is 8.20. The fraction of sp³-hybridized carbons (Fsp3) is 1.00. The molecular formula is C11H25NO2Si. The van der Waals surface area contributed by atoms with Crippen molar-refractivity contribution in [2.24, 2.45) is 0 Å².